The molecule has 8 heteroatoms. The van der Waals surface area contributed by atoms with Crippen LogP contribution >= 0.6 is 12.2 Å². The second-order valence-corrected chi connectivity index (χ2v) is 8.06. The number of rotatable bonds is 5. The Hall–Kier alpha value is -2.29. The standard InChI is InChI=1S/C18H22N4O2S2/c1-12-6-5-7-13(2)17(12)20-18(25)22-21-14(3)15-8-10-16(11-9-15)26(23,24)19-4/h5-11,19H,1-4H3,(H2,20,22,25)/b21-14-. The summed E-state index contributed by atoms with van der Waals surface area (Å²) in [5, 5.41) is 7.79. The molecule has 0 aliphatic rings. The van der Waals surface area contributed by atoms with Crippen molar-refractivity contribution in [2.24, 2.45) is 5.10 Å². The molecule has 0 radical (unpaired) electrons. The molecule has 0 saturated heterocycles. The number of nitrogens with one attached hydrogen (secondary N) is 3. The van der Waals surface area contributed by atoms with E-state index in [2.05, 4.69) is 20.6 Å². The molecule has 0 aromatic heterocycles. The van der Waals surface area contributed by atoms with Gasteiger partial charge in [-0.25, -0.2) is 13.1 Å². The Bertz CT molecular complexity index is 916. The number of nitrogens with zero attached hydrogens (tertiary/aromatic N) is 1. The van der Waals surface area contributed by atoms with Crippen LogP contribution in [0.3, 0.4) is 0 Å². The molecule has 0 amide bonds. The van der Waals surface area contributed by atoms with E-state index in [4.69, 9.17) is 12.2 Å². The van der Waals surface area contributed by atoms with E-state index in [1.165, 1.54) is 19.2 Å². The van der Waals surface area contributed by atoms with Gasteiger partial charge < -0.3 is 5.32 Å². The maximum absolute atomic E-state index is 11.7. The minimum Gasteiger partial charge on any atom is -0.331 e. The van der Waals surface area contributed by atoms with Gasteiger partial charge in [-0.3, -0.25) is 5.43 Å². The largest absolute Gasteiger partial charge is 0.331 e. The zero-order valence-corrected chi connectivity index (χ0v) is 16.8. The number of hydrogen-bond acceptors (Lipinski definition) is 4. The lowest BCUT2D eigenvalue weighted by atomic mass is 10.1. The van der Waals surface area contributed by atoms with Crippen molar-refractivity contribution >= 4 is 38.8 Å². The lowest BCUT2D eigenvalue weighted by Crippen LogP contribution is -2.25. The molecular weight excluding hydrogens is 368 g/mol. The molecule has 6 nitrogen and oxygen atoms in total. The predicted molar refractivity (Wildman–Crippen MR) is 110 cm³/mol. The van der Waals surface area contributed by atoms with Crippen LogP contribution in [0.2, 0.25) is 0 Å². The minimum absolute atomic E-state index is 0.205. The first-order valence-corrected chi connectivity index (χ1v) is 9.85. The summed E-state index contributed by atoms with van der Waals surface area (Å²) in [6.07, 6.45) is 0. The number of anilines is 1. The average molecular weight is 391 g/mol. The average Bonchev–Trinajstić information content (AvgIpc) is 2.63. The van der Waals surface area contributed by atoms with Gasteiger partial charge in [0.2, 0.25) is 10.0 Å². The number of hydrogen-bond donors (Lipinski definition) is 3. The van der Waals surface area contributed by atoms with E-state index < -0.39 is 10.0 Å². The van der Waals surface area contributed by atoms with E-state index in [-0.39, 0.29) is 4.90 Å². The Morgan fingerprint density at radius 2 is 1.62 bits per heavy atom. The fourth-order valence-electron chi connectivity index (χ4n) is 2.35. The third kappa shape index (κ3) is 4.87. The zero-order valence-electron chi connectivity index (χ0n) is 15.1. The highest BCUT2D eigenvalue weighted by molar-refractivity contribution is 7.89. The van der Waals surface area contributed by atoms with Gasteiger partial charge in [-0.1, -0.05) is 30.3 Å². The molecular formula is C18H22N4O2S2. The van der Waals surface area contributed by atoms with Gasteiger partial charge in [-0.2, -0.15) is 5.10 Å². The van der Waals surface area contributed by atoms with Gasteiger partial charge in [0.05, 0.1) is 10.6 Å². The highest BCUT2D eigenvalue weighted by atomic mass is 32.2. The smallest absolute Gasteiger partial charge is 0.240 e. The summed E-state index contributed by atoms with van der Waals surface area (Å²) in [6.45, 7) is 5.83. The van der Waals surface area contributed by atoms with Crippen LogP contribution in [0.25, 0.3) is 0 Å². The normalized spacial score (nSPS) is 11.9. The first-order valence-electron chi connectivity index (χ1n) is 7.96. The molecule has 0 aliphatic heterocycles. The Morgan fingerprint density at radius 3 is 2.15 bits per heavy atom. The van der Waals surface area contributed by atoms with Crippen molar-refractivity contribution in [3.63, 3.8) is 0 Å². The van der Waals surface area contributed by atoms with Crippen LogP contribution in [0.1, 0.15) is 23.6 Å². The van der Waals surface area contributed by atoms with E-state index in [1.807, 2.05) is 39.0 Å². The highest BCUT2D eigenvalue weighted by Crippen LogP contribution is 2.19. The van der Waals surface area contributed by atoms with Crippen LogP contribution < -0.4 is 15.5 Å². The van der Waals surface area contributed by atoms with Gasteiger partial charge in [0, 0.05) is 5.69 Å². The summed E-state index contributed by atoms with van der Waals surface area (Å²) < 4.78 is 25.8. The monoisotopic (exact) mass is 390 g/mol. The number of thiocarbonyl (C=S) groups is 1. The molecule has 0 spiro atoms. The van der Waals surface area contributed by atoms with Crippen molar-refractivity contribution < 1.29 is 8.42 Å². The number of sulfonamides is 1. The fraction of sp³-hybridized carbons (Fsp3) is 0.222. The van der Waals surface area contributed by atoms with Gasteiger partial charge >= 0.3 is 0 Å². The summed E-state index contributed by atoms with van der Waals surface area (Å²) in [4.78, 5) is 0.205. The molecule has 0 heterocycles. The molecule has 2 aromatic carbocycles. The van der Waals surface area contributed by atoms with Crippen LogP contribution in [-0.4, -0.2) is 26.3 Å². The molecule has 0 fully saturated rings. The fourth-order valence-corrected chi connectivity index (χ4v) is 3.22. The maximum atomic E-state index is 11.7. The predicted octanol–water partition coefficient (Wildman–Crippen LogP) is 2.92. The number of para-hydroxylation sites is 1. The summed E-state index contributed by atoms with van der Waals surface area (Å²) >= 11 is 5.29. The highest BCUT2D eigenvalue weighted by Gasteiger charge is 2.11. The molecule has 2 aromatic rings. The molecule has 26 heavy (non-hydrogen) atoms. The first-order chi connectivity index (χ1) is 12.2. The Kier molecular flexibility index (Phi) is 6.47. The van der Waals surface area contributed by atoms with Gasteiger partial charge in [0.15, 0.2) is 5.11 Å². The number of aryl methyl sites for hydroxylation is 2. The second kappa shape index (κ2) is 8.39. The van der Waals surface area contributed by atoms with E-state index in [1.54, 1.807) is 12.1 Å². The van der Waals surface area contributed by atoms with E-state index in [9.17, 15) is 8.42 Å². The van der Waals surface area contributed by atoms with E-state index in [0.29, 0.717) is 10.8 Å². The van der Waals surface area contributed by atoms with Gasteiger partial charge in [0.25, 0.3) is 0 Å². The van der Waals surface area contributed by atoms with Crippen LogP contribution in [-0.2, 0) is 10.0 Å². The Morgan fingerprint density at radius 1 is 1.04 bits per heavy atom. The van der Waals surface area contributed by atoms with E-state index in [0.717, 1.165) is 22.4 Å². The molecule has 3 N–H and O–H groups in total. The third-order valence-corrected chi connectivity index (χ3v) is 5.52. The molecule has 0 saturated carbocycles. The van der Waals surface area contributed by atoms with Crippen molar-refractivity contribution in [3.05, 3.63) is 59.2 Å². The quantitative estimate of drug-likeness (QED) is 0.415. The third-order valence-electron chi connectivity index (χ3n) is 3.90. The van der Waals surface area contributed by atoms with Crippen molar-refractivity contribution in [2.45, 2.75) is 25.7 Å². The first kappa shape index (κ1) is 20.0. The van der Waals surface area contributed by atoms with Gasteiger partial charge in [-0.05, 0) is 68.9 Å². The van der Waals surface area contributed by atoms with Crippen LogP contribution in [0.15, 0.2) is 52.5 Å². The minimum atomic E-state index is -3.45. The maximum Gasteiger partial charge on any atom is 0.240 e. The van der Waals surface area contributed by atoms with Crippen molar-refractivity contribution in [3.8, 4) is 0 Å². The SMILES string of the molecule is CNS(=O)(=O)c1ccc(/C(C)=N\NC(=S)Nc2c(C)cccc2C)cc1. The van der Waals surface area contributed by atoms with Crippen molar-refractivity contribution in [1.82, 2.24) is 10.1 Å². The molecule has 138 valence electrons. The summed E-state index contributed by atoms with van der Waals surface area (Å²) in [5.74, 6) is 0. The van der Waals surface area contributed by atoms with E-state index >= 15 is 0 Å². The summed E-state index contributed by atoms with van der Waals surface area (Å²) in [6, 6.07) is 12.5. The van der Waals surface area contributed by atoms with Gasteiger partial charge in [-0.15, -0.1) is 0 Å². The number of benzene rings is 2. The van der Waals surface area contributed by atoms with Crippen molar-refractivity contribution in [2.75, 3.05) is 12.4 Å². The van der Waals surface area contributed by atoms with Crippen LogP contribution in [0.5, 0.6) is 0 Å². The number of hydrazone groups is 1. The lowest BCUT2D eigenvalue weighted by molar-refractivity contribution is 0.588. The summed E-state index contributed by atoms with van der Waals surface area (Å²) in [7, 11) is -2.07. The molecule has 0 bridgehead atoms. The Labute approximate surface area is 159 Å². The van der Waals surface area contributed by atoms with Crippen molar-refractivity contribution in [1.29, 1.82) is 0 Å². The zero-order chi connectivity index (χ0) is 19.3. The van der Waals surface area contributed by atoms with Crippen LogP contribution in [0.4, 0.5) is 5.69 Å². The lowest BCUT2D eigenvalue weighted by Gasteiger charge is -2.13. The second-order valence-electron chi connectivity index (χ2n) is 5.76. The molecule has 2 rings (SSSR count). The topological polar surface area (TPSA) is 82.6 Å². The van der Waals surface area contributed by atoms with Crippen LogP contribution in [0, 0.1) is 13.8 Å². The Balaban J connectivity index is 2.07. The summed E-state index contributed by atoms with van der Waals surface area (Å²) in [5.41, 5.74) is 7.44. The molecule has 0 unspecified atom stereocenters. The molecule has 0 atom stereocenters. The van der Waals surface area contributed by atoms with Gasteiger partial charge in [0.1, 0.15) is 0 Å². The molecule has 0 aliphatic carbocycles.